The number of carbonyl (C=O) groups is 1. The average Bonchev–Trinajstić information content (AvgIpc) is 2.90. The van der Waals surface area contributed by atoms with Crippen LogP contribution in [0.25, 0.3) is 0 Å². The Balaban J connectivity index is 1.62. The summed E-state index contributed by atoms with van der Waals surface area (Å²) >= 11 is 0. The highest BCUT2D eigenvalue weighted by Gasteiger charge is 2.56. The smallest absolute Gasteiger partial charge is 0.302 e. The molecule has 5 atom stereocenters. The van der Waals surface area contributed by atoms with Crippen molar-refractivity contribution in [3.8, 4) is 11.5 Å². The molecule has 4 heteroatoms. The Bertz CT molecular complexity index is 655. The van der Waals surface area contributed by atoms with Crippen LogP contribution in [0, 0.1) is 17.3 Å². The Morgan fingerprint density at radius 2 is 2.12 bits per heavy atom. The Morgan fingerprint density at radius 3 is 2.88 bits per heavy atom. The second-order valence-corrected chi connectivity index (χ2v) is 7.81. The van der Waals surface area contributed by atoms with Crippen LogP contribution < -0.4 is 9.47 Å². The van der Waals surface area contributed by atoms with Crippen LogP contribution in [-0.2, 0) is 9.53 Å². The van der Waals surface area contributed by atoms with Crippen molar-refractivity contribution in [1.82, 2.24) is 0 Å². The molecule has 4 rings (SSSR count). The molecule has 0 N–H and O–H groups in total. The molecule has 0 saturated heterocycles. The molecule has 0 radical (unpaired) electrons. The Labute approximate surface area is 143 Å². The van der Waals surface area contributed by atoms with Gasteiger partial charge in [-0.05, 0) is 49.1 Å². The van der Waals surface area contributed by atoms with Crippen LogP contribution in [-0.4, -0.2) is 25.8 Å². The van der Waals surface area contributed by atoms with Crippen molar-refractivity contribution in [2.75, 3.05) is 13.7 Å². The van der Waals surface area contributed by atoms with E-state index in [1.54, 1.807) is 7.11 Å². The quantitative estimate of drug-likeness (QED) is 0.771. The highest BCUT2D eigenvalue weighted by Crippen LogP contribution is 2.61. The van der Waals surface area contributed by atoms with Crippen molar-refractivity contribution in [2.45, 2.75) is 51.6 Å². The summed E-state index contributed by atoms with van der Waals surface area (Å²) in [7, 11) is 1.69. The maximum atomic E-state index is 11.5. The van der Waals surface area contributed by atoms with Crippen LogP contribution >= 0.6 is 0 Å². The fourth-order valence-electron chi connectivity index (χ4n) is 5.51. The molecule has 2 saturated carbocycles. The number of rotatable bonds is 2. The first-order valence-electron chi connectivity index (χ1n) is 9.01. The normalized spacial score (nSPS) is 36.8. The van der Waals surface area contributed by atoms with Gasteiger partial charge >= 0.3 is 5.97 Å². The Hall–Kier alpha value is -1.71. The van der Waals surface area contributed by atoms with Crippen LogP contribution in [0.15, 0.2) is 18.2 Å². The summed E-state index contributed by atoms with van der Waals surface area (Å²) < 4.78 is 17.1. The van der Waals surface area contributed by atoms with Crippen LogP contribution in [0.5, 0.6) is 11.5 Å². The van der Waals surface area contributed by atoms with Gasteiger partial charge in [0.25, 0.3) is 0 Å². The van der Waals surface area contributed by atoms with E-state index in [1.807, 2.05) is 12.1 Å². The lowest BCUT2D eigenvalue weighted by Crippen LogP contribution is -2.46. The molecular weight excluding hydrogens is 304 g/mol. The van der Waals surface area contributed by atoms with Gasteiger partial charge in [-0.3, -0.25) is 4.79 Å². The maximum absolute atomic E-state index is 11.5. The summed E-state index contributed by atoms with van der Waals surface area (Å²) in [6, 6.07) is 6.22. The zero-order valence-electron chi connectivity index (χ0n) is 14.7. The molecule has 0 bridgehead atoms. The van der Waals surface area contributed by atoms with Gasteiger partial charge in [0.1, 0.15) is 17.6 Å². The van der Waals surface area contributed by atoms with Crippen molar-refractivity contribution in [3.63, 3.8) is 0 Å². The highest BCUT2D eigenvalue weighted by molar-refractivity contribution is 5.66. The molecule has 3 aliphatic rings. The number of esters is 1. The maximum Gasteiger partial charge on any atom is 0.302 e. The number of methoxy groups -OCH3 is 1. The van der Waals surface area contributed by atoms with Crippen molar-refractivity contribution in [2.24, 2.45) is 17.3 Å². The van der Waals surface area contributed by atoms with E-state index in [4.69, 9.17) is 14.2 Å². The van der Waals surface area contributed by atoms with Gasteiger partial charge < -0.3 is 14.2 Å². The fourth-order valence-corrected chi connectivity index (χ4v) is 5.51. The van der Waals surface area contributed by atoms with E-state index in [0.29, 0.717) is 17.8 Å². The van der Waals surface area contributed by atoms with E-state index in [2.05, 4.69) is 13.0 Å². The van der Waals surface area contributed by atoms with Crippen molar-refractivity contribution < 1.29 is 19.0 Å². The summed E-state index contributed by atoms with van der Waals surface area (Å²) in [5, 5.41) is 0. The second-order valence-electron chi connectivity index (χ2n) is 7.81. The van der Waals surface area contributed by atoms with Gasteiger partial charge in [-0.1, -0.05) is 13.0 Å². The minimum atomic E-state index is -0.152. The minimum Gasteiger partial charge on any atom is -0.497 e. The molecule has 0 unspecified atom stereocenters. The molecule has 0 spiro atoms. The van der Waals surface area contributed by atoms with Crippen LogP contribution in [0.4, 0.5) is 0 Å². The molecule has 24 heavy (non-hydrogen) atoms. The standard InChI is InChI=1S/C20H26O4/c1-12(21)24-19-7-6-17-16-11-23-18-10-13(22-3)4-5-15(18)14(16)8-9-20(17,19)2/h4-5,10,14,16-17,19H,6-9,11H2,1-3H3/t14-,16+,17+,19+,20+/m1/s1. The number of hydrogen-bond acceptors (Lipinski definition) is 4. The molecule has 4 nitrogen and oxygen atoms in total. The summed E-state index contributed by atoms with van der Waals surface area (Å²) in [6.07, 6.45) is 4.43. The molecule has 2 aliphatic carbocycles. The Kier molecular flexibility index (Phi) is 3.74. The van der Waals surface area contributed by atoms with Gasteiger partial charge in [-0.2, -0.15) is 0 Å². The first-order chi connectivity index (χ1) is 11.5. The van der Waals surface area contributed by atoms with Gasteiger partial charge in [-0.25, -0.2) is 0 Å². The van der Waals surface area contributed by atoms with E-state index in [-0.39, 0.29) is 17.5 Å². The van der Waals surface area contributed by atoms with E-state index >= 15 is 0 Å². The predicted molar refractivity (Wildman–Crippen MR) is 90.3 cm³/mol. The lowest BCUT2D eigenvalue weighted by Gasteiger charge is -2.49. The van der Waals surface area contributed by atoms with E-state index in [0.717, 1.165) is 43.8 Å². The molecular formula is C20H26O4. The van der Waals surface area contributed by atoms with E-state index < -0.39 is 0 Å². The summed E-state index contributed by atoms with van der Waals surface area (Å²) in [5.74, 6) is 3.31. The predicted octanol–water partition coefficient (Wildman–Crippen LogP) is 3.93. The SMILES string of the molecule is COc1ccc2c(c1)OC[C@H]1[C@@H]2CC[C@]2(C)[C@@H](OC(C)=O)CC[C@@H]12. The number of benzene rings is 1. The van der Waals surface area contributed by atoms with Crippen LogP contribution in [0.1, 0.15) is 51.0 Å². The molecule has 0 amide bonds. The van der Waals surface area contributed by atoms with Crippen molar-refractivity contribution in [1.29, 1.82) is 0 Å². The monoisotopic (exact) mass is 330 g/mol. The first-order valence-corrected chi connectivity index (χ1v) is 9.01. The third kappa shape index (κ3) is 2.30. The van der Waals surface area contributed by atoms with Gasteiger partial charge in [0.05, 0.1) is 13.7 Å². The average molecular weight is 330 g/mol. The summed E-state index contributed by atoms with van der Waals surface area (Å²) in [5.41, 5.74) is 1.42. The lowest BCUT2D eigenvalue weighted by molar-refractivity contribution is -0.155. The lowest BCUT2D eigenvalue weighted by atomic mass is 9.58. The molecule has 0 aromatic heterocycles. The van der Waals surface area contributed by atoms with Crippen molar-refractivity contribution in [3.05, 3.63) is 23.8 Å². The van der Waals surface area contributed by atoms with E-state index in [9.17, 15) is 4.79 Å². The van der Waals surface area contributed by atoms with Crippen LogP contribution in [0.2, 0.25) is 0 Å². The first kappa shape index (κ1) is 15.8. The number of carbonyl (C=O) groups excluding carboxylic acids is 1. The largest absolute Gasteiger partial charge is 0.497 e. The van der Waals surface area contributed by atoms with Gasteiger partial charge in [0.15, 0.2) is 0 Å². The Morgan fingerprint density at radius 1 is 1.29 bits per heavy atom. The molecule has 1 heterocycles. The molecule has 1 aliphatic heterocycles. The summed E-state index contributed by atoms with van der Waals surface area (Å²) in [6.45, 7) is 4.60. The number of fused-ring (bicyclic) bond motifs is 5. The summed E-state index contributed by atoms with van der Waals surface area (Å²) in [4.78, 5) is 11.5. The fraction of sp³-hybridized carbons (Fsp3) is 0.650. The molecule has 2 fully saturated rings. The zero-order valence-corrected chi connectivity index (χ0v) is 14.7. The molecule has 1 aromatic rings. The second kappa shape index (κ2) is 5.68. The van der Waals surface area contributed by atoms with Gasteiger partial charge in [0, 0.05) is 24.3 Å². The third-order valence-electron chi connectivity index (χ3n) is 6.71. The van der Waals surface area contributed by atoms with Crippen molar-refractivity contribution >= 4 is 5.97 Å². The van der Waals surface area contributed by atoms with Gasteiger partial charge in [-0.15, -0.1) is 0 Å². The third-order valence-corrected chi connectivity index (χ3v) is 6.71. The van der Waals surface area contributed by atoms with Gasteiger partial charge in [0.2, 0.25) is 0 Å². The topological polar surface area (TPSA) is 44.8 Å². The molecule has 130 valence electrons. The number of ether oxygens (including phenoxy) is 3. The number of hydrogen-bond donors (Lipinski definition) is 0. The van der Waals surface area contributed by atoms with E-state index in [1.165, 1.54) is 12.5 Å². The van der Waals surface area contributed by atoms with Crippen LogP contribution in [0.3, 0.4) is 0 Å². The zero-order chi connectivity index (χ0) is 16.9. The minimum absolute atomic E-state index is 0.0678. The highest BCUT2D eigenvalue weighted by atomic mass is 16.5. The molecule has 1 aromatic carbocycles.